The van der Waals surface area contributed by atoms with Gasteiger partial charge in [-0.15, -0.1) is 0 Å². The molecule has 2 N–H and O–H groups in total. The average molecular weight is 268 g/mol. The van der Waals surface area contributed by atoms with Gasteiger partial charge in [-0.2, -0.15) is 0 Å². The predicted molar refractivity (Wildman–Crippen MR) is 71.8 cm³/mol. The van der Waals surface area contributed by atoms with Gasteiger partial charge in [0.2, 0.25) is 5.91 Å². The predicted octanol–water partition coefficient (Wildman–Crippen LogP) is 1.23. The van der Waals surface area contributed by atoms with Crippen LogP contribution in [0.5, 0.6) is 0 Å². The van der Waals surface area contributed by atoms with E-state index in [4.69, 9.17) is 0 Å². The second-order valence-electron chi connectivity index (χ2n) is 6.04. The second-order valence-corrected chi connectivity index (χ2v) is 6.04. The van der Waals surface area contributed by atoms with Crippen LogP contribution < -0.4 is 5.32 Å². The first-order valence-corrected chi connectivity index (χ1v) is 7.28. The van der Waals surface area contributed by atoms with E-state index in [9.17, 15) is 14.7 Å². The van der Waals surface area contributed by atoms with Gasteiger partial charge in [0.05, 0.1) is 6.54 Å². The molecule has 1 aliphatic carbocycles. The van der Waals surface area contributed by atoms with Crippen molar-refractivity contribution in [3.8, 4) is 0 Å². The molecular weight excluding hydrogens is 244 g/mol. The number of hydrogen-bond acceptors (Lipinski definition) is 3. The van der Waals surface area contributed by atoms with E-state index in [0.29, 0.717) is 12.3 Å². The summed E-state index contributed by atoms with van der Waals surface area (Å²) in [7, 11) is 0. The van der Waals surface area contributed by atoms with Crippen molar-refractivity contribution in [3.05, 3.63) is 0 Å². The summed E-state index contributed by atoms with van der Waals surface area (Å²) in [6.45, 7) is 4.20. The molecule has 0 aromatic rings. The number of aliphatic carboxylic acids is 1. The van der Waals surface area contributed by atoms with Crippen molar-refractivity contribution in [2.75, 3.05) is 6.54 Å². The Labute approximate surface area is 114 Å². The minimum atomic E-state index is -0.854. The number of fused-ring (bicyclic) bond motifs is 1. The van der Waals surface area contributed by atoms with Crippen LogP contribution >= 0.6 is 0 Å². The van der Waals surface area contributed by atoms with Gasteiger partial charge in [0.15, 0.2) is 0 Å². The molecule has 1 heterocycles. The lowest BCUT2D eigenvalue weighted by Crippen LogP contribution is -2.50. The minimum Gasteiger partial charge on any atom is -0.480 e. The summed E-state index contributed by atoms with van der Waals surface area (Å²) in [4.78, 5) is 25.4. The smallest absolute Gasteiger partial charge is 0.326 e. The van der Waals surface area contributed by atoms with Crippen LogP contribution in [0, 0.1) is 5.92 Å². The van der Waals surface area contributed by atoms with Gasteiger partial charge in [0, 0.05) is 12.1 Å². The molecule has 2 rings (SSSR count). The zero-order valence-electron chi connectivity index (χ0n) is 11.8. The van der Waals surface area contributed by atoms with Crippen LogP contribution in [-0.4, -0.2) is 46.6 Å². The van der Waals surface area contributed by atoms with Gasteiger partial charge in [-0.1, -0.05) is 26.7 Å². The van der Waals surface area contributed by atoms with E-state index in [0.717, 1.165) is 19.3 Å². The third kappa shape index (κ3) is 3.08. The number of carboxylic acids is 1. The SMILES string of the molecule is CC(C)NCC(=O)N1C(C(=O)O)CC2CCCCC21. The van der Waals surface area contributed by atoms with Gasteiger partial charge in [-0.25, -0.2) is 4.79 Å². The molecular formula is C14H24N2O3. The Morgan fingerprint density at radius 1 is 1.32 bits per heavy atom. The molecule has 5 heteroatoms. The lowest BCUT2D eigenvalue weighted by molar-refractivity contribution is -0.149. The highest BCUT2D eigenvalue weighted by atomic mass is 16.4. The van der Waals surface area contributed by atoms with Crippen LogP contribution in [-0.2, 0) is 9.59 Å². The van der Waals surface area contributed by atoms with E-state index < -0.39 is 12.0 Å². The Morgan fingerprint density at radius 3 is 2.63 bits per heavy atom. The second kappa shape index (κ2) is 5.90. The lowest BCUT2D eigenvalue weighted by atomic mass is 9.85. The third-order valence-electron chi connectivity index (χ3n) is 4.32. The summed E-state index contributed by atoms with van der Waals surface area (Å²) >= 11 is 0. The molecule has 0 aromatic heterocycles. The van der Waals surface area contributed by atoms with Crippen LogP contribution in [0.15, 0.2) is 0 Å². The fourth-order valence-corrected chi connectivity index (χ4v) is 3.42. The summed E-state index contributed by atoms with van der Waals surface area (Å²) in [5.74, 6) is -0.527. The summed E-state index contributed by atoms with van der Waals surface area (Å²) in [6.07, 6.45) is 4.93. The van der Waals surface area contributed by atoms with E-state index in [1.165, 1.54) is 6.42 Å². The molecule has 2 aliphatic rings. The zero-order valence-corrected chi connectivity index (χ0v) is 11.8. The highest BCUT2D eigenvalue weighted by Gasteiger charge is 2.47. The summed E-state index contributed by atoms with van der Waals surface area (Å²) in [5, 5.41) is 12.4. The molecule has 0 bridgehead atoms. The molecule has 19 heavy (non-hydrogen) atoms. The molecule has 108 valence electrons. The molecule has 0 spiro atoms. The average Bonchev–Trinajstić information content (AvgIpc) is 2.75. The summed E-state index contributed by atoms with van der Waals surface area (Å²) in [5.41, 5.74) is 0. The zero-order chi connectivity index (χ0) is 14.0. The van der Waals surface area contributed by atoms with Crippen molar-refractivity contribution in [3.63, 3.8) is 0 Å². The number of carbonyl (C=O) groups excluding carboxylic acids is 1. The monoisotopic (exact) mass is 268 g/mol. The first kappa shape index (κ1) is 14.3. The van der Waals surface area contributed by atoms with Crippen LogP contribution in [0.1, 0.15) is 46.0 Å². The van der Waals surface area contributed by atoms with Crippen LogP contribution in [0.2, 0.25) is 0 Å². The van der Waals surface area contributed by atoms with Crippen molar-refractivity contribution in [1.29, 1.82) is 0 Å². The molecule has 3 atom stereocenters. The van der Waals surface area contributed by atoms with Gasteiger partial charge in [0.1, 0.15) is 6.04 Å². The Morgan fingerprint density at radius 2 is 2.00 bits per heavy atom. The topological polar surface area (TPSA) is 69.6 Å². The van der Waals surface area contributed by atoms with Crippen LogP contribution in [0.4, 0.5) is 0 Å². The van der Waals surface area contributed by atoms with E-state index in [1.807, 2.05) is 13.8 Å². The Bertz CT molecular complexity index is 357. The highest BCUT2D eigenvalue weighted by Crippen LogP contribution is 2.39. The maximum absolute atomic E-state index is 12.3. The molecule has 5 nitrogen and oxygen atoms in total. The molecule has 1 saturated heterocycles. The number of nitrogens with one attached hydrogen (secondary N) is 1. The van der Waals surface area contributed by atoms with Gasteiger partial charge in [-0.05, 0) is 25.2 Å². The van der Waals surface area contributed by atoms with Gasteiger partial charge in [0.25, 0.3) is 0 Å². The number of carboxylic acid groups (broad SMARTS) is 1. The molecule has 1 aliphatic heterocycles. The minimum absolute atomic E-state index is 0.0597. The number of nitrogens with zero attached hydrogens (tertiary/aromatic N) is 1. The largest absolute Gasteiger partial charge is 0.480 e. The van der Waals surface area contributed by atoms with E-state index in [1.54, 1.807) is 4.90 Å². The Balaban J connectivity index is 2.08. The number of likely N-dealkylation sites (tertiary alicyclic amines) is 1. The van der Waals surface area contributed by atoms with Crippen LogP contribution in [0.3, 0.4) is 0 Å². The van der Waals surface area contributed by atoms with E-state index in [2.05, 4.69) is 5.32 Å². The molecule has 0 aromatic carbocycles. The number of carbonyl (C=O) groups is 2. The molecule has 1 amide bonds. The molecule has 1 saturated carbocycles. The number of hydrogen-bond donors (Lipinski definition) is 2. The maximum Gasteiger partial charge on any atom is 0.326 e. The Kier molecular flexibility index (Phi) is 4.45. The van der Waals surface area contributed by atoms with Gasteiger partial charge < -0.3 is 15.3 Å². The van der Waals surface area contributed by atoms with Gasteiger partial charge in [-0.3, -0.25) is 4.79 Å². The quantitative estimate of drug-likeness (QED) is 0.804. The fraction of sp³-hybridized carbons (Fsp3) is 0.857. The maximum atomic E-state index is 12.3. The molecule has 3 unspecified atom stereocenters. The fourth-order valence-electron chi connectivity index (χ4n) is 3.42. The normalized spacial score (nSPS) is 30.5. The van der Waals surface area contributed by atoms with Crippen molar-refractivity contribution in [2.24, 2.45) is 5.92 Å². The van der Waals surface area contributed by atoms with E-state index >= 15 is 0 Å². The van der Waals surface area contributed by atoms with Crippen molar-refractivity contribution >= 4 is 11.9 Å². The standard InChI is InChI=1S/C14H24N2O3/c1-9(2)15-8-13(17)16-11-6-4-3-5-10(11)7-12(16)14(18)19/h9-12,15H,3-8H2,1-2H3,(H,18,19). The first-order valence-electron chi connectivity index (χ1n) is 7.28. The summed E-state index contributed by atoms with van der Waals surface area (Å²) in [6, 6.07) is -0.233. The number of amides is 1. The lowest BCUT2D eigenvalue weighted by Gasteiger charge is -2.33. The number of rotatable bonds is 4. The highest BCUT2D eigenvalue weighted by molar-refractivity contribution is 5.86. The molecule has 0 radical (unpaired) electrons. The third-order valence-corrected chi connectivity index (χ3v) is 4.32. The van der Waals surface area contributed by atoms with Crippen LogP contribution in [0.25, 0.3) is 0 Å². The Hall–Kier alpha value is -1.10. The van der Waals surface area contributed by atoms with E-state index in [-0.39, 0.29) is 24.5 Å². The summed E-state index contributed by atoms with van der Waals surface area (Å²) < 4.78 is 0. The van der Waals surface area contributed by atoms with Crippen molar-refractivity contribution < 1.29 is 14.7 Å². The molecule has 2 fully saturated rings. The van der Waals surface area contributed by atoms with Crippen molar-refractivity contribution in [2.45, 2.75) is 64.1 Å². The first-order chi connectivity index (χ1) is 9.00. The van der Waals surface area contributed by atoms with Gasteiger partial charge >= 0.3 is 5.97 Å². The van der Waals surface area contributed by atoms with Crippen molar-refractivity contribution in [1.82, 2.24) is 10.2 Å².